The van der Waals surface area contributed by atoms with Gasteiger partial charge in [0.25, 0.3) is 5.56 Å². The highest BCUT2D eigenvalue weighted by Crippen LogP contribution is 2.15. The lowest BCUT2D eigenvalue weighted by atomic mass is 10.2. The van der Waals surface area contributed by atoms with Crippen molar-refractivity contribution >= 4 is 29.3 Å². The van der Waals surface area contributed by atoms with Crippen molar-refractivity contribution < 1.29 is 19.4 Å². The summed E-state index contributed by atoms with van der Waals surface area (Å²) in [5.41, 5.74) is 1.64. The first-order valence-electron chi connectivity index (χ1n) is 9.35. The van der Waals surface area contributed by atoms with Gasteiger partial charge in [0.15, 0.2) is 5.16 Å². The number of ether oxygens (including phenoxy) is 1. The van der Waals surface area contributed by atoms with Gasteiger partial charge < -0.3 is 20.1 Å². The molecular formula is C20H25N3O5S. The second kappa shape index (κ2) is 11.4. The van der Waals surface area contributed by atoms with Crippen molar-refractivity contribution in [3.63, 3.8) is 0 Å². The number of nitrogens with zero attached hydrogens (tertiary/aromatic N) is 1. The molecule has 3 N–H and O–H groups in total. The van der Waals surface area contributed by atoms with Gasteiger partial charge in [-0.05, 0) is 37.6 Å². The number of amides is 1. The van der Waals surface area contributed by atoms with Crippen molar-refractivity contribution in [3.05, 3.63) is 51.4 Å². The molecule has 0 aliphatic carbocycles. The Balaban J connectivity index is 1.88. The van der Waals surface area contributed by atoms with Gasteiger partial charge in [0, 0.05) is 30.0 Å². The van der Waals surface area contributed by atoms with Gasteiger partial charge in [0.05, 0.1) is 17.9 Å². The van der Waals surface area contributed by atoms with Crippen LogP contribution in [0.15, 0.2) is 34.2 Å². The number of hydrogen-bond acceptors (Lipinski definition) is 7. The lowest BCUT2D eigenvalue weighted by Gasteiger charge is -2.08. The van der Waals surface area contributed by atoms with Crippen LogP contribution in [0.25, 0.3) is 0 Å². The predicted octanol–water partition coefficient (Wildman–Crippen LogP) is 2.30. The van der Waals surface area contributed by atoms with E-state index in [1.165, 1.54) is 0 Å². The zero-order chi connectivity index (χ0) is 21.2. The zero-order valence-electron chi connectivity index (χ0n) is 16.5. The molecular weight excluding hydrogens is 394 g/mol. The standard InChI is InChI=1S/C20H25N3O5S/c1-3-4-11-28-19(27)14-5-7-15(8-6-14)22-17(25)12-29-20-21-13(2)16(9-10-24)18(26)23-20/h5-8,24H,3-4,9-12H2,1-2H3,(H,22,25)(H,21,23,26). The van der Waals surface area contributed by atoms with E-state index >= 15 is 0 Å². The van der Waals surface area contributed by atoms with Gasteiger partial charge in [0.1, 0.15) is 0 Å². The maximum absolute atomic E-state index is 12.1. The fourth-order valence-corrected chi connectivity index (χ4v) is 3.18. The summed E-state index contributed by atoms with van der Waals surface area (Å²) in [7, 11) is 0. The highest BCUT2D eigenvalue weighted by Gasteiger charge is 2.11. The zero-order valence-corrected chi connectivity index (χ0v) is 17.3. The van der Waals surface area contributed by atoms with Crippen molar-refractivity contribution in [1.82, 2.24) is 9.97 Å². The van der Waals surface area contributed by atoms with Crippen LogP contribution in [0.3, 0.4) is 0 Å². The monoisotopic (exact) mass is 419 g/mol. The molecule has 0 saturated heterocycles. The molecule has 0 bridgehead atoms. The number of esters is 1. The minimum Gasteiger partial charge on any atom is -0.462 e. The number of aliphatic hydroxyl groups excluding tert-OH is 1. The van der Waals surface area contributed by atoms with Gasteiger partial charge in [-0.25, -0.2) is 9.78 Å². The predicted molar refractivity (Wildman–Crippen MR) is 111 cm³/mol. The van der Waals surface area contributed by atoms with Crippen LogP contribution in [0.1, 0.15) is 41.4 Å². The lowest BCUT2D eigenvalue weighted by molar-refractivity contribution is -0.113. The number of aromatic nitrogens is 2. The van der Waals surface area contributed by atoms with Gasteiger partial charge in [-0.2, -0.15) is 0 Å². The van der Waals surface area contributed by atoms with Crippen molar-refractivity contribution in [3.8, 4) is 0 Å². The molecule has 0 aliphatic rings. The molecule has 2 rings (SSSR count). The Morgan fingerprint density at radius 1 is 1.28 bits per heavy atom. The van der Waals surface area contributed by atoms with Crippen molar-refractivity contribution in [2.75, 3.05) is 24.3 Å². The van der Waals surface area contributed by atoms with E-state index in [-0.39, 0.29) is 36.2 Å². The highest BCUT2D eigenvalue weighted by atomic mass is 32.2. The van der Waals surface area contributed by atoms with E-state index in [1.54, 1.807) is 31.2 Å². The number of H-pyrrole nitrogens is 1. The Labute approximate surface area is 173 Å². The number of benzene rings is 1. The number of anilines is 1. The Morgan fingerprint density at radius 3 is 2.62 bits per heavy atom. The number of aryl methyl sites for hydroxylation is 1. The number of carbonyl (C=O) groups is 2. The van der Waals surface area contributed by atoms with Crippen molar-refractivity contribution in [1.29, 1.82) is 0 Å². The van der Waals surface area contributed by atoms with Crippen LogP contribution in [-0.2, 0) is 16.0 Å². The molecule has 1 aromatic heterocycles. The molecule has 0 atom stereocenters. The van der Waals surface area contributed by atoms with Crippen LogP contribution < -0.4 is 10.9 Å². The summed E-state index contributed by atoms with van der Waals surface area (Å²) in [6, 6.07) is 6.46. The summed E-state index contributed by atoms with van der Waals surface area (Å²) in [6.45, 7) is 3.97. The number of aromatic amines is 1. The van der Waals surface area contributed by atoms with Crippen LogP contribution in [-0.4, -0.2) is 45.9 Å². The molecule has 0 saturated carbocycles. The van der Waals surface area contributed by atoms with E-state index in [4.69, 9.17) is 9.84 Å². The molecule has 1 aromatic carbocycles. The second-order valence-electron chi connectivity index (χ2n) is 6.31. The first-order valence-corrected chi connectivity index (χ1v) is 10.3. The van der Waals surface area contributed by atoms with Crippen LogP contribution in [0, 0.1) is 6.92 Å². The molecule has 0 spiro atoms. The van der Waals surface area contributed by atoms with Crippen LogP contribution in [0.2, 0.25) is 0 Å². The largest absolute Gasteiger partial charge is 0.462 e. The fourth-order valence-electron chi connectivity index (χ4n) is 2.47. The van der Waals surface area contributed by atoms with E-state index in [0.29, 0.717) is 34.3 Å². The SMILES string of the molecule is CCCCOC(=O)c1ccc(NC(=O)CSc2nc(C)c(CCO)c(=O)[nH]2)cc1. The Bertz CT molecular complexity index is 896. The number of hydrogen-bond donors (Lipinski definition) is 3. The third-order valence-electron chi connectivity index (χ3n) is 4.04. The van der Waals surface area contributed by atoms with E-state index in [0.717, 1.165) is 24.6 Å². The molecule has 0 radical (unpaired) electrons. The summed E-state index contributed by atoms with van der Waals surface area (Å²) < 4.78 is 5.14. The quantitative estimate of drug-likeness (QED) is 0.234. The van der Waals surface area contributed by atoms with Crippen molar-refractivity contribution in [2.45, 2.75) is 38.3 Å². The average molecular weight is 420 g/mol. The number of carbonyl (C=O) groups excluding carboxylic acids is 2. The average Bonchev–Trinajstić information content (AvgIpc) is 2.70. The van der Waals surface area contributed by atoms with E-state index in [2.05, 4.69) is 15.3 Å². The molecule has 8 nitrogen and oxygen atoms in total. The molecule has 0 aliphatic heterocycles. The fraction of sp³-hybridized carbons (Fsp3) is 0.400. The van der Waals surface area contributed by atoms with Crippen molar-refractivity contribution in [2.24, 2.45) is 0 Å². The maximum Gasteiger partial charge on any atom is 0.338 e. The van der Waals surface area contributed by atoms with Crippen LogP contribution >= 0.6 is 11.8 Å². The van der Waals surface area contributed by atoms with Gasteiger partial charge >= 0.3 is 5.97 Å². The second-order valence-corrected chi connectivity index (χ2v) is 7.28. The summed E-state index contributed by atoms with van der Waals surface area (Å²) in [5, 5.41) is 12.1. The third-order valence-corrected chi connectivity index (χ3v) is 4.91. The Morgan fingerprint density at radius 2 is 2.00 bits per heavy atom. The topological polar surface area (TPSA) is 121 Å². The van der Waals surface area contributed by atoms with E-state index in [1.807, 2.05) is 6.92 Å². The summed E-state index contributed by atoms with van der Waals surface area (Å²) in [5.74, 6) is -0.599. The smallest absolute Gasteiger partial charge is 0.338 e. The highest BCUT2D eigenvalue weighted by molar-refractivity contribution is 7.99. The number of rotatable bonds is 10. The van der Waals surface area contributed by atoms with E-state index in [9.17, 15) is 14.4 Å². The number of aliphatic hydroxyl groups is 1. The normalized spacial score (nSPS) is 10.6. The summed E-state index contributed by atoms with van der Waals surface area (Å²) in [4.78, 5) is 42.9. The number of thioether (sulfide) groups is 1. The third kappa shape index (κ3) is 7.03. The molecule has 1 amide bonds. The molecule has 156 valence electrons. The van der Waals surface area contributed by atoms with E-state index < -0.39 is 0 Å². The lowest BCUT2D eigenvalue weighted by Crippen LogP contribution is -2.19. The Kier molecular flexibility index (Phi) is 8.88. The summed E-state index contributed by atoms with van der Waals surface area (Å²) >= 11 is 1.11. The molecule has 0 unspecified atom stereocenters. The number of nitrogens with one attached hydrogen (secondary N) is 2. The summed E-state index contributed by atoms with van der Waals surface area (Å²) in [6.07, 6.45) is 2.01. The molecule has 2 aromatic rings. The molecule has 0 fully saturated rings. The minimum atomic E-state index is -0.387. The Hall–Kier alpha value is -2.65. The first-order chi connectivity index (χ1) is 13.9. The van der Waals surface area contributed by atoms with Crippen LogP contribution in [0.5, 0.6) is 0 Å². The molecule has 1 heterocycles. The van der Waals surface area contributed by atoms with Gasteiger partial charge in [-0.15, -0.1) is 0 Å². The maximum atomic E-state index is 12.1. The molecule has 9 heteroatoms. The number of unbranched alkanes of at least 4 members (excludes halogenated alkanes) is 1. The van der Waals surface area contributed by atoms with Gasteiger partial charge in [-0.3, -0.25) is 9.59 Å². The van der Waals surface area contributed by atoms with Gasteiger partial charge in [0.2, 0.25) is 5.91 Å². The first kappa shape index (κ1) is 22.6. The van der Waals surface area contributed by atoms with Crippen LogP contribution in [0.4, 0.5) is 5.69 Å². The van der Waals surface area contributed by atoms with Gasteiger partial charge in [-0.1, -0.05) is 25.1 Å². The molecule has 29 heavy (non-hydrogen) atoms. The minimum absolute atomic E-state index is 0.0581.